The molecule has 2 N–H and O–H groups in total. The van der Waals surface area contributed by atoms with Gasteiger partial charge in [-0.15, -0.1) is 6.58 Å². The zero-order chi connectivity index (χ0) is 12.1. The Balaban J connectivity index is 1.91. The lowest BCUT2D eigenvalue weighted by Gasteiger charge is -2.27. The highest BCUT2D eigenvalue weighted by Crippen LogP contribution is 2.23. The molecule has 90 valence electrons. The molecule has 17 heavy (non-hydrogen) atoms. The van der Waals surface area contributed by atoms with E-state index in [4.69, 9.17) is 0 Å². The van der Waals surface area contributed by atoms with Crippen LogP contribution in [0.15, 0.2) is 36.9 Å². The molecule has 0 heterocycles. The number of rotatable bonds is 5. The van der Waals surface area contributed by atoms with E-state index in [1.54, 1.807) is 6.08 Å². The molecular formula is C14H18N2O. The van der Waals surface area contributed by atoms with Gasteiger partial charge in [-0.05, 0) is 43.5 Å². The average molecular weight is 230 g/mol. The Morgan fingerprint density at radius 3 is 2.59 bits per heavy atom. The molecule has 1 aliphatic rings. The molecule has 0 saturated heterocycles. The summed E-state index contributed by atoms with van der Waals surface area (Å²) in [6.45, 7) is 4.07. The van der Waals surface area contributed by atoms with Crippen molar-refractivity contribution in [1.82, 2.24) is 5.32 Å². The minimum Gasteiger partial charge on any atom is -0.382 e. The van der Waals surface area contributed by atoms with Crippen molar-refractivity contribution in [3.05, 3.63) is 42.5 Å². The summed E-state index contributed by atoms with van der Waals surface area (Å²) in [6.07, 6.45) is 5.49. The first kappa shape index (κ1) is 11.7. The van der Waals surface area contributed by atoms with Gasteiger partial charge in [0, 0.05) is 23.8 Å². The van der Waals surface area contributed by atoms with E-state index in [9.17, 15) is 4.79 Å². The maximum absolute atomic E-state index is 11.6. The normalized spacial score (nSPS) is 14.8. The fourth-order valence-corrected chi connectivity index (χ4v) is 1.77. The van der Waals surface area contributed by atoms with E-state index in [2.05, 4.69) is 17.2 Å². The lowest BCUT2D eigenvalue weighted by molar-refractivity contribution is 0.0958. The van der Waals surface area contributed by atoms with E-state index in [0.29, 0.717) is 18.2 Å². The van der Waals surface area contributed by atoms with E-state index in [0.717, 1.165) is 5.69 Å². The van der Waals surface area contributed by atoms with Crippen LogP contribution in [0.4, 0.5) is 5.69 Å². The molecule has 0 aromatic heterocycles. The molecular weight excluding hydrogens is 212 g/mol. The molecule has 0 atom stereocenters. The van der Waals surface area contributed by atoms with Crippen LogP contribution in [-0.4, -0.2) is 18.5 Å². The number of amides is 1. The third kappa shape index (κ3) is 3.09. The second-order valence-corrected chi connectivity index (χ2v) is 4.35. The Bertz CT molecular complexity index is 393. The maximum atomic E-state index is 11.6. The number of benzene rings is 1. The Morgan fingerprint density at radius 1 is 1.35 bits per heavy atom. The van der Waals surface area contributed by atoms with Gasteiger partial charge >= 0.3 is 0 Å². The number of carbonyl (C=O) groups excluding carboxylic acids is 1. The zero-order valence-corrected chi connectivity index (χ0v) is 9.91. The fraction of sp³-hybridized carbons (Fsp3) is 0.357. The standard InChI is InChI=1S/C14H18N2O/c1-2-10-15-14(17)11-6-8-13(9-7-11)16-12-4-3-5-12/h2,6-9,12,16H,1,3-5,10H2,(H,15,17). The van der Waals surface area contributed by atoms with Gasteiger partial charge in [-0.25, -0.2) is 0 Å². The third-order valence-corrected chi connectivity index (χ3v) is 3.03. The molecule has 1 aromatic carbocycles. The van der Waals surface area contributed by atoms with Gasteiger partial charge in [0.15, 0.2) is 0 Å². The maximum Gasteiger partial charge on any atom is 0.251 e. The largest absolute Gasteiger partial charge is 0.382 e. The second kappa shape index (κ2) is 5.53. The lowest BCUT2D eigenvalue weighted by atomic mass is 9.93. The highest BCUT2D eigenvalue weighted by atomic mass is 16.1. The van der Waals surface area contributed by atoms with Gasteiger partial charge < -0.3 is 10.6 Å². The van der Waals surface area contributed by atoms with E-state index < -0.39 is 0 Å². The Hall–Kier alpha value is -1.77. The molecule has 1 fully saturated rings. The molecule has 0 spiro atoms. The topological polar surface area (TPSA) is 41.1 Å². The number of hydrogen-bond acceptors (Lipinski definition) is 2. The first-order valence-corrected chi connectivity index (χ1v) is 6.05. The van der Waals surface area contributed by atoms with Crippen molar-refractivity contribution in [1.29, 1.82) is 0 Å². The van der Waals surface area contributed by atoms with Gasteiger partial charge in [-0.1, -0.05) is 6.08 Å². The summed E-state index contributed by atoms with van der Waals surface area (Å²) in [6, 6.07) is 8.23. The highest BCUT2D eigenvalue weighted by molar-refractivity contribution is 5.94. The molecule has 3 heteroatoms. The summed E-state index contributed by atoms with van der Waals surface area (Å²) < 4.78 is 0. The molecule has 0 radical (unpaired) electrons. The molecule has 1 aliphatic carbocycles. The van der Waals surface area contributed by atoms with Gasteiger partial charge in [-0.2, -0.15) is 0 Å². The van der Waals surface area contributed by atoms with Gasteiger partial charge in [-0.3, -0.25) is 4.79 Å². The Labute approximate surface area is 102 Å². The van der Waals surface area contributed by atoms with Crippen molar-refractivity contribution in [2.24, 2.45) is 0 Å². The first-order valence-electron chi connectivity index (χ1n) is 6.05. The molecule has 0 unspecified atom stereocenters. The Kier molecular flexibility index (Phi) is 3.81. The van der Waals surface area contributed by atoms with Crippen LogP contribution in [0.1, 0.15) is 29.6 Å². The third-order valence-electron chi connectivity index (χ3n) is 3.03. The summed E-state index contributed by atoms with van der Waals surface area (Å²) in [5.41, 5.74) is 1.78. The van der Waals surface area contributed by atoms with Crippen LogP contribution >= 0.6 is 0 Å². The fourth-order valence-electron chi connectivity index (χ4n) is 1.77. The zero-order valence-electron chi connectivity index (χ0n) is 9.91. The molecule has 0 bridgehead atoms. The molecule has 3 nitrogen and oxygen atoms in total. The van der Waals surface area contributed by atoms with Crippen LogP contribution < -0.4 is 10.6 Å². The summed E-state index contributed by atoms with van der Waals surface area (Å²) in [7, 11) is 0. The smallest absolute Gasteiger partial charge is 0.251 e. The van der Waals surface area contributed by atoms with Gasteiger partial charge in [0.1, 0.15) is 0 Å². The quantitative estimate of drug-likeness (QED) is 0.763. The minimum atomic E-state index is -0.0555. The van der Waals surface area contributed by atoms with Crippen molar-refractivity contribution in [2.45, 2.75) is 25.3 Å². The van der Waals surface area contributed by atoms with Crippen LogP contribution in [-0.2, 0) is 0 Å². The SMILES string of the molecule is C=CCNC(=O)c1ccc(NC2CCC2)cc1. The van der Waals surface area contributed by atoms with Crippen LogP contribution in [0, 0.1) is 0 Å². The minimum absolute atomic E-state index is 0.0555. The first-order chi connectivity index (χ1) is 8.29. The number of hydrogen-bond donors (Lipinski definition) is 2. The summed E-state index contributed by atoms with van der Waals surface area (Å²) in [5.74, 6) is -0.0555. The van der Waals surface area contributed by atoms with Gasteiger partial charge in [0.05, 0.1) is 0 Å². The predicted octanol–water partition coefficient (Wildman–Crippen LogP) is 2.57. The van der Waals surface area contributed by atoms with Crippen LogP contribution in [0.25, 0.3) is 0 Å². The van der Waals surface area contributed by atoms with E-state index in [-0.39, 0.29) is 5.91 Å². The summed E-state index contributed by atoms with van der Waals surface area (Å²) in [4.78, 5) is 11.6. The molecule has 1 amide bonds. The van der Waals surface area contributed by atoms with Crippen LogP contribution in [0.3, 0.4) is 0 Å². The summed E-state index contributed by atoms with van der Waals surface area (Å²) in [5, 5.41) is 6.19. The van der Waals surface area contributed by atoms with Crippen molar-refractivity contribution in [3.8, 4) is 0 Å². The predicted molar refractivity (Wildman–Crippen MR) is 70.2 cm³/mol. The van der Waals surface area contributed by atoms with Crippen molar-refractivity contribution in [3.63, 3.8) is 0 Å². The van der Waals surface area contributed by atoms with Crippen molar-refractivity contribution < 1.29 is 4.79 Å². The summed E-state index contributed by atoms with van der Waals surface area (Å²) >= 11 is 0. The van der Waals surface area contributed by atoms with Crippen molar-refractivity contribution in [2.75, 3.05) is 11.9 Å². The molecule has 0 aliphatic heterocycles. The van der Waals surface area contributed by atoms with Gasteiger partial charge in [0.25, 0.3) is 5.91 Å². The highest BCUT2D eigenvalue weighted by Gasteiger charge is 2.16. The van der Waals surface area contributed by atoms with E-state index >= 15 is 0 Å². The van der Waals surface area contributed by atoms with Gasteiger partial charge in [0.2, 0.25) is 0 Å². The Morgan fingerprint density at radius 2 is 2.06 bits per heavy atom. The number of nitrogens with one attached hydrogen (secondary N) is 2. The second-order valence-electron chi connectivity index (χ2n) is 4.35. The van der Waals surface area contributed by atoms with E-state index in [1.807, 2.05) is 24.3 Å². The monoisotopic (exact) mass is 230 g/mol. The molecule has 1 saturated carbocycles. The number of anilines is 1. The van der Waals surface area contributed by atoms with Crippen molar-refractivity contribution >= 4 is 11.6 Å². The van der Waals surface area contributed by atoms with E-state index in [1.165, 1.54) is 19.3 Å². The number of carbonyl (C=O) groups is 1. The molecule has 1 aromatic rings. The average Bonchev–Trinajstić information content (AvgIpc) is 2.31. The van der Waals surface area contributed by atoms with Crippen LogP contribution in [0.5, 0.6) is 0 Å². The molecule has 2 rings (SSSR count). The lowest BCUT2D eigenvalue weighted by Crippen LogP contribution is -2.27. The van der Waals surface area contributed by atoms with Crippen LogP contribution in [0.2, 0.25) is 0 Å².